The van der Waals surface area contributed by atoms with E-state index >= 15 is 0 Å². The van der Waals surface area contributed by atoms with Gasteiger partial charge < -0.3 is 4.98 Å². The zero-order valence-corrected chi connectivity index (χ0v) is 9.01. The van der Waals surface area contributed by atoms with Gasteiger partial charge in [0.15, 0.2) is 6.29 Å². The summed E-state index contributed by atoms with van der Waals surface area (Å²) in [4.78, 5) is 27.5. The Labute approximate surface area is 96.5 Å². The van der Waals surface area contributed by atoms with Crippen molar-refractivity contribution in [1.29, 1.82) is 0 Å². The SMILES string of the molecule is Cc1ccc([N+](=O)[O-])cc1-c1ncc(C=O)[nH]1. The molecule has 0 aliphatic rings. The van der Waals surface area contributed by atoms with Gasteiger partial charge in [0.05, 0.1) is 16.8 Å². The Morgan fingerprint density at radius 2 is 2.24 bits per heavy atom. The number of rotatable bonds is 3. The van der Waals surface area contributed by atoms with Gasteiger partial charge in [-0.25, -0.2) is 4.98 Å². The van der Waals surface area contributed by atoms with Crippen molar-refractivity contribution >= 4 is 12.0 Å². The maximum absolute atomic E-state index is 10.7. The summed E-state index contributed by atoms with van der Waals surface area (Å²) in [5.41, 5.74) is 1.80. The van der Waals surface area contributed by atoms with Gasteiger partial charge in [-0.2, -0.15) is 0 Å². The summed E-state index contributed by atoms with van der Waals surface area (Å²) < 4.78 is 0. The highest BCUT2D eigenvalue weighted by molar-refractivity contribution is 5.74. The molecule has 0 aliphatic carbocycles. The Balaban J connectivity index is 2.53. The number of aromatic nitrogens is 2. The van der Waals surface area contributed by atoms with Crippen LogP contribution in [0.3, 0.4) is 0 Å². The predicted molar refractivity (Wildman–Crippen MR) is 60.8 cm³/mol. The van der Waals surface area contributed by atoms with Crippen molar-refractivity contribution in [2.75, 3.05) is 0 Å². The van der Waals surface area contributed by atoms with Gasteiger partial charge in [-0.15, -0.1) is 0 Å². The summed E-state index contributed by atoms with van der Waals surface area (Å²) in [6, 6.07) is 4.52. The fourth-order valence-electron chi connectivity index (χ4n) is 1.51. The van der Waals surface area contributed by atoms with Gasteiger partial charge in [0.2, 0.25) is 0 Å². The molecule has 0 spiro atoms. The number of nitro groups is 1. The zero-order chi connectivity index (χ0) is 12.4. The van der Waals surface area contributed by atoms with Gasteiger partial charge in [0.25, 0.3) is 5.69 Å². The maximum atomic E-state index is 10.7. The van der Waals surface area contributed by atoms with Crippen molar-refractivity contribution in [3.8, 4) is 11.4 Å². The molecule has 2 rings (SSSR count). The van der Waals surface area contributed by atoms with E-state index in [0.29, 0.717) is 23.4 Å². The average Bonchev–Trinajstić information content (AvgIpc) is 2.77. The van der Waals surface area contributed by atoms with E-state index in [1.165, 1.54) is 18.3 Å². The van der Waals surface area contributed by atoms with E-state index in [0.717, 1.165) is 5.56 Å². The van der Waals surface area contributed by atoms with Gasteiger partial charge in [0, 0.05) is 17.7 Å². The molecule has 86 valence electrons. The molecule has 0 saturated carbocycles. The number of H-pyrrole nitrogens is 1. The quantitative estimate of drug-likeness (QED) is 0.497. The van der Waals surface area contributed by atoms with Crippen molar-refractivity contribution in [3.05, 3.63) is 45.8 Å². The number of aryl methyl sites for hydroxylation is 1. The molecular weight excluding hydrogens is 222 g/mol. The normalized spacial score (nSPS) is 10.2. The van der Waals surface area contributed by atoms with Gasteiger partial charge >= 0.3 is 0 Å². The first kappa shape index (κ1) is 11.0. The topological polar surface area (TPSA) is 88.9 Å². The second-order valence-electron chi connectivity index (χ2n) is 3.56. The molecule has 17 heavy (non-hydrogen) atoms. The van der Waals surface area contributed by atoms with Crippen LogP contribution in [0, 0.1) is 17.0 Å². The number of non-ortho nitro benzene ring substituents is 1. The van der Waals surface area contributed by atoms with Gasteiger partial charge in [0.1, 0.15) is 5.82 Å². The van der Waals surface area contributed by atoms with Crippen LogP contribution in [0.25, 0.3) is 11.4 Å². The minimum Gasteiger partial charge on any atom is -0.336 e. The molecule has 0 bridgehead atoms. The van der Waals surface area contributed by atoms with Gasteiger partial charge in [-0.05, 0) is 12.5 Å². The Morgan fingerprint density at radius 1 is 1.47 bits per heavy atom. The lowest BCUT2D eigenvalue weighted by atomic mass is 10.1. The van der Waals surface area contributed by atoms with Gasteiger partial charge in [-0.3, -0.25) is 14.9 Å². The molecular formula is C11H9N3O3. The molecule has 0 amide bonds. The van der Waals surface area contributed by atoms with E-state index in [2.05, 4.69) is 9.97 Å². The fraction of sp³-hybridized carbons (Fsp3) is 0.0909. The summed E-state index contributed by atoms with van der Waals surface area (Å²) in [7, 11) is 0. The number of aldehydes is 1. The molecule has 6 heteroatoms. The number of hydrogen-bond donors (Lipinski definition) is 1. The summed E-state index contributed by atoms with van der Waals surface area (Å²) in [5.74, 6) is 0.452. The number of nitrogens with zero attached hydrogens (tertiary/aromatic N) is 2. The van der Waals surface area contributed by atoms with Crippen LogP contribution >= 0.6 is 0 Å². The first-order valence-corrected chi connectivity index (χ1v) is 4.87. The second-order valence-corrected chi connectivity index (χ2v) is 3.56. The minimum atomic E-state index is -0.466. The van der Waals surface area contributed by atoms with Crippen LogP contribution in [0.1, 0.15) is 16.1 Å². The lowest BCUT2D eigenvalue weighted by Crippen LogP contribution is -1.91. The lowest BCUT2D eigenvalue weighted by molar-refractivity contribution is -0.384. The minimum absolute atomic E-state index is 0.00495. The summed E-state index contributed by atoms with van der Waals surface area (Å²) in [5, 5.41) is 10.7. The number of hydrogen-bond acceptors (Lipinski definition) is 4. The molecule has 0 atom stereocenters. The largest absolute Gasteiger partial charge is 0.336 e. The zero-order valence-electron chi connectivity index (χ0n) is 9.01. The Kier molecular flexibility index (Phi) is 2.70. The lowest BCUT2D eigenvalue weighted by Gasteiger charge is -2.01. The van der Waals surface area contributed by atoms with Crippen LogP contribution in [-0.2, 0) is 0 Å². The molecule has 0 aliphatic heterocycles. The van der Waals surface area contributed by atoms with E-state index in [1.807, 2.05) is 6.92 Å². The highest BCUT2D eigenvalue weighted by atomic mass is 16.6. The van der Waals surface area contributed by atoms with Gasteiger partial charge in [-0.1, -0.05) is 6.07 Å². The fourth-order valence-corrected chi connectivity index (χ4v) is 1.51. The van der Waals surface area contributed by atoms with Crippen molar-refractivity contribution in [2.24, 2.45) is 0 Å². The number of imidazole rings is 1. The third kappa shape index (κ3) is 2.05. The summed E-state index contributed by atoms with van der Waals surface area (Å²) in [6.07, 6.45) is 2.03. The standard InChI is InChI=1S/C11H9N3O3/c1-7-2-3-9(14(16)17)4-10(7)11-12-5-8(6-15)13-11/h2-6H,1H3,(H,12,13). The molecule has 6 nitrogen and oxygen atoms in total. The Morgan fingerprint density at radius 3 is 2.82 bits per heavy atom. The Hall–Kier alpha value is -2.50. The number of aromatic amines is 1. The highest BCUT2D eigenvalue weighted by Gasteiger charge is 2.12. The first-order chi connectivity index (χ1) is 8.11. The highest BCUT2D eigenvalue weighted by Crippen LogP contribution is 2.25. The van der Waals surface area contributed by atoms with E-state index < -0.39 is 4.92 Å². The summed E-state index contributed by atoms with van der Waals surface area (Å²) in [6.45, 7) is 1.82. The molecule has 0 radical (unpaired) electrons. The number of nitrogens with one attached hydrogen (secondary N) is 1. The molecule has 0 fully saturated rings. The number of benzene rings is 1. The van der Waals surface area contributed by atoms with Crippen molar-refractivity contribution in [1.82, 2.24) is 9.97 Å². The second kappa shape index (κ2) is 4.17. The summed E-state index contributed by atoms with van der Waals surface area (Å²) >= 11 is 0. The van der Waals surface area contributed by atoms with Crippen molar-refractivity contribution in [3.63, 3.8) is 0 Å². The smallest absolute Gasteiger partial charge is 0.270 e. The maximum Gasteiger partial charge on any atom is 0.270 e. The van der Waals surface area contributed by atoms with Crippen LogP contribution in [0.4, 0.5) is 5.69 Å². The molecule has 1 aromatic heterocycles. The van der Waals surface area contributed by atoms with E-state index in [4.69, 9.17) is 0 Å². The van der Waals surface area contributed by atoms with Crippen LogP contribution in [-0.4, -0.2) is 21.2 Å². The molecule has 1 N–H and O–H groups in total. The van der Waals surface area contributed by atoms with Crippen molar-refractivity contribution < 1.29 is 9.72 Å². The van der Waals surface area contributed by atoms with E-state index in [-0.39, 0.29) is 5.69 Å². The van der Waals surface area contributed by atoms with Crippen LogP contribution < -0.4 is 0 Å². The van der Waals surface area contributed by atoms with Crippen molar-refractivity contribution in [2.45, 2.75) is 6.92 Å². The number of nitro benzene ring substituents is 1. The predicted octanol–water partition coefficient (Wildman–Crippen LogP) is 2.11. The number of carbonyl (C=O) groups excluding carboxylic acids is 1. The molecule has 1 aromatic carbocycles. The molecule has 0 saturated heterocycles. The van der Waals surface area contributed by atoms with E-state index in [9.17, 15) is 14.9 Å². The number of carbonyl (C=O) groups is 1. The van der Waals surface area contributed by atoms with Crippen LogP contribution in [0.5, 0.6) is 0 Å². The monoisotopic (exact) mass is 231 g/mol. The van der Waals surface area contributed by atoms with E-state index in [1.54, 1.807) is 6.07 Å². The van der Waals surface area contributed by atoms with Crippen LogP contribution in [0.15, 0.2) is 24.4 Å². The van der Waals surface area contributed by atoms with Crippen LogP contribution in [0.2, 0.25) is 0 Å². The molecule has 2 aromatic rings. The Bertz CT molecular complexity index is 589. The molecule has 0 unspecified atom stereocenters. The average molecular weight is 231 g/mol. The molecule has 1 heterocycles. The third-order valence-electron chi connectivity index (χ3n) is 2.41. The first-order valence-electron chi connectivity index (χ1n) is 4.87. The third-order valence-corrected chi connectivity index (χ3v) is 2.41.